The summed E-state index contributed by atoms with van der Waals surface area (Å²) >= 11 is 0. The summed E-state index contributed by atoms with van der Waals surface area (Å²) in [6.07, 6.45) is 1.72. The quantitative estimate of drug-likeness (QED) is 0.784. The normalized spacial score (nSPS) is 10.6. The van der Waals surface area contributed by atoms with Gasteiger partial charge in [-0.1, -0.05) is 24.3 Å². The van der Waals surface area contributed by atoms with Crippen molar-refractivity contribution >= 4 is 16.8 Å². The molecule has 3 rings (SSSR count). The zero-order chi connectivity index (χ0) is 13.9. The van der Waals surface area contributed by atoms with Gasteiger partial charge in [-0.25, -0.2) is 4.68 Å². The number of aromatic nitrogens is 2. The molecule has 0 spiro atoms. The van der Waals surface area contributed by atoms with E-state index in [1.165, 1.54) is 0 Å². The van der Waals surface area contributed by atoms with E-state index in [9.17, 15) is 4.79 Å². The van der Waals surface area contributed by atoms with Gasteiger partial charge in [-0.15, -0.1) is 0 Å². The SMILES string of the molecule is NC(=O)COc1cccc2c1cnn2-c1ccccc1. The molecule has 1 amide bonds. The molecule has 2 N–H and O–H groups in total. The number of fused-ring (bicyclic) bond motifs is 1. The maximum atomic E-state index is 10.8. The van der Waals surface area contributed by atoms with Crippen LogP contribution in [0.1, 0.15) is 0 Å². The van der Waals surface area contributed by atoms with Gasteiger partial charge < -0.3 is 10.5 Å². The van der Waals surface area contributed by atoms with Gasteiger partial charge in [0.25, 0.3) is 5.91 Å². The first-order valence-corrected chi connectivity index (χ1v) is 6.19. The van der Waals surface area contributed by atoms with E-state index in [2.05, 4.69) is 5.10 Å². The highest BCUT2D eigenvalue weighted by Crippen LogP contribution is 2.27. The van der Waals surface area contributed by atoms with Crippen LogP contribution in [-0.2, 0) is 4.79 Å². The van der Waals surface area contributed by atoms with Crippen LogP contribution in [-0.4, -0.2) is 22.3 Å². The van der Waals surface area contributed by atoms with Crippen LogP contribution in [0, 0.1) is 0 Å². The lowest BCUT2D eigenvalue weighted by Gasteiger charge is -2.06. The topological polar surface area (TPSA) is 70.1 Å². The minimum absolute atomic E-state index is 0.143. The van der Waals surface area contributed by atoms with Crippen LogP contribution in [0.15, 0.2) is 54.7 Å². The average molecular weight is 267 g/mol. The van der Waals surface area contributed by atoms with Crippen molar-refractivity contribution < 1.29 is 9.53 Å². The third-order valence-electron chi connectivity index (χ3n) is 2.94. The number of para-hydroxylation sites is 1. The highest BCUT2D eigenvalue weighted by molar-refractivity contribution is 5.87. The van der Waals surface area contributed by atoms with Crippen LogP contribution < -0.4 is 10.5 Å². The third kappa shape index (κ3) is 2.21. The average Bonchev–Trinajstić information content (AvgIpc) is 2.90. The van der Waals surface area contributed by atoms with E-state index in [-0.39, 0.29) is 6.61 Å². The molecule has 20 heavy (non-hydrogen) atoms. The number of carbonyl (C=O) groups excluding carboxylic acids is 1. The molecule has 0 atom stereocenters. The van der Waals surface area contributed by atoms with Crippen molar-refractivity contribution in [2.45, 2.75) is 0 Å². The summed E-state index contributed by atoms with van der Waals surface area (Å²) in [6, 6.07) is 15.4. The first-order valence-electron chi connectivity index (χ1n) is 6.19. The van der Waals surface area contributed by atoms with Crippen LogP contribution >= 0.6 is 0 Å². The monoisotopic (exact) mass is 267 g/mol. The largest absolute Gasteiger partial charge is 0.483 e. The second-order valence-electron chi connectivity index (χ2n) is 4.34. The van der Waals surface area contributed by atoms with Crippen LogP contribution in [0.3, 0.4) is 0 Å². The summed E-state index contributed by atoms with van der Waals surface area (Å²) < 4.78 is 7.23. The maximum Gasteiger partial charge on any atom is 0.255 e. The molecule has 5 heteroatoms. The highest BCUT2D eigenvalue weighted by atomic mass is 16.5. The summed E-state index contributed by atoms with van der Waals surface area (Å²) in [5, 5.41) is 5.22. The van der Waals surface area contributed by atoms with Gasteiger partial charge >= 0.3 is 0 Å². The fourth-order valence-electron chi connectivity index (χ4n) is 2.07. The summed E-state index contributed by atoms with van der Waals surface area (Å²) in [4.78, 5) is 10.8. The van der Waals surface area contributed by atoms with E-state index >= 15 is 0 Å². The van der Waals surface area contributed by atoms with Gasteiger partial charge in [-0.05, 0) is 24.3 Å². The molecule has 0 saturated carbocycles. The van der Waals surface area contributed by atoms with Crippen LogP contribution in [0.25, 0.3) is 16.6 Å². The summed E-state index contributed by atoms with van der Waals surface area (Å²) in [6.45, 7) is -0.143. The number of rotatable bonds is 4. The minimum atomic E-state index is -0.502. The molecule has 100 valence electrons. The lowest BCUT2D eigenvalue weighted by atomic mass is 10.2. The molecule has 0 saturated heterocycles. The Balaban J connectivity index is 2.06. The second-order valence-corrected chi connectivity index (χ2v) is 4.34. The van der Waals surface area contributed by atoms with E-state index in [1.54, 1.807) is 12.3 Å². The van der Waals surface area contributed by atoms with Gasteiger partial charge in [0.05, 0.1) is 22.8 Å². The number of carbonyl (C=O) groups is 1. The van der Waals surface area contributed by atoms with Crippen molar-refractivity contribution in [1.82, 2.24) is 9.78 Å². The second kappa shape index (κ2) is 5.05. The van der Waals surface area contributed by atoms with Crippen molar-refractivity contribution in [2.75, 3.05) is 6.61 Å². The predicted octanol–water partition coefficient (Wildman–Crippen LogP) is 1.89. The van der Waals surface area contributed by atoms with Crippen molar-refractivity contribution in [3.63, 3.8) is 0 Å². The number of nitrogens with zero attached hydrogens (tertiary/aromatic N) is 2. The molecule has 1 heterocycles. The number of hydrogen-bond donors (Lipinski definition) is 1. The highest BCUT2D eigenvalue weighted by Gasteiger charge is 2.09. The van der Waals surface area contributed by atoms with Crippen molar-refractivity contribution in [1.29, 1.82) is 0 Å². The van der Waals surface area contributed by atoms with Gasteiger partial charge in [0, 0.05) is 0 Å². The Labute approximate surface area is 115 Å². The molecular formula is C15H13N3O2. The Kier molecular flexibility index (Phi) is 3.09. The third-order valence-corrected chi connectivity index (χ3v) is 2.94. The molecule has 3 aromatic rings. The van der Waals surface area contributed by atoms with Crippen LogP contribution in [0.4, 0.5) is 0 Å². The van der Waals surface area contributed by atoms with Crippen molar-refractivity contribution in [2.24, 2.45) is 5.73 Å². The number of hydrogen-bond acceptors (Lipinski definition) is 3. The Hall–Kier alpha value is -2.82. The summed E-state index contributed by atoms with van der Waals surface area (Å²) in [5.41, 5.74) is 6.98. The summed E-state index contributed by atoms with van der Waals surface area (Å²) in [7, 11) is 0. The molecule has 0 aliphatic heterocycles. The van der Waals surface area contributed by atoms with Gasteiger partial charge in [0.2, 0.25) is 0 Å². The first kappa shape index (κ1) is 12.2. The molecule has 0 fully saturated rings. The Morgan fingerprint density at radius 3 is 2.70 bits per heavy atom. The van der Waals surface area contributed by atoms with Gasteiger partial charge in [0.15, 0.2) is 6.61 Å². The Morgan fingerprint density at radius 1 is 1.15 bits per heavy atom. The molecule has 5 nitrogen and oxygen atoms in total. The molecule has 1 aromatic heterocycles. The Bertz CT molecular complexity index is 750. The molecule has 2 aromatic carbocycles. The van der Waals surface area contributed by atoms with E-state index in [1.807, 2.05) is 47.1 Å². The minimum Gasteiger partial charge on any atom is -0.483 e. The zero-order valence-electron chi connectivity index (χ0n) is 10.7. The Morgan fingerprint density at radius 2 is 1.95 bits per heavy atom. The molecule has 0 unspecified atom stereocenters. The van der Waals surface area contributed by atoms with E-state index in [0.717, 1.165) is 16.6 Å². The van der Waals surface area contributed by atoms with E-state index in [0.29, 0.717) is 5.75 Å². The smallest absolute Gasteiger partial charge is 0.255 e. The first-order chi connectivity index (χ1) is 9.75. The molecule has 0 aliphatic carbocycles. The predicted molar refractivity (Wildman–Crippen MR) is 75.8 cm³/mol. The van der Waals surface area contributed by atoms with E-state index < -0.39 is 5.91 Å². The number of ether oxygens (including phenoxy) is 1. The molecule has 0 radical (unpaired) electrons. The van der Waals surface area contributed by atoms with Crippen molar-refractivity contribution in [3.05, 3.63) is 54.7 Å². The van der Waals surface area contributed by atoms with Crippen LogP contribution in [0.2, 0.25) is 0 Å². The number of nitrogens with two attached hydrogens (primary N) is 1. The lowest BCUT2D eigenvalue weighted by Crippen LogP contribution is -2.20. The number of amides is 1. The summed E-state index contributed by atoms with van der Waals surface area (Å²) in [5.74, 6) is 0.0981. The van der Waals surface area contributed by atoms with Gasteiger partial charge in [-0.2, -0.15) is 5.10 Å². The van der Waals surface area contributed by atoms with Crippen LogP contribution in [0.5, 0.6) is 5.75 Å². The van der Waals surface area contributed by atoms with Crippen molar-refractivity contribution in [3.8, 4) is 11.4 Å². The maximum absolute atomic E-state index is 10.8. The van der Waals surface area contributed by atoms with Gasteiger partial charge in [-0.3, -0.25) is 4.79 Å². The lowest BCUT2D eigenvalue weighted by molar-refractivity contribution is -0.119. The van der Waals surface area contributed by atoms with Gasteiger partial charge in [0.1, 0.15) is 5.75 Å². The standard InChI is InChI=1S/C15H13N3O2/c16-15(19)10-20-14-8-4-7-13-12(14)9-17-18(13)11-5-2-1-3-6-11/h1-9H,10H2,(H2,16,19). The number of primary amides is 1. The number of benzene rings is 2. The fourth-order valence-corrected chi connectivity index (χ4v) is 2.07. The van der Waals surface area contributed by atoms with E-state index in [4.69, 9.17) is 10.5 Å². The molecule has 0 bridgehead atoms. The molecular weight excluding hydrogens is 254 g/mol. The fraction of sp³-hybridized carbons (Fsp3) is 0.0667. The zero-order valence-corrected chi connectivity index (χ0v) is 10.7. The molecule has 0 aliphatic rings.